The van der Waals surface area contributed by atoms with Crippen LogP contribution in [0.2, 0.25) is 0 Å². The van der Waals surface area contributed by atoms with Crippen LogP contribution in [0, 0.1) is 13.8 Å². The minimum absolute atomic E-state index is 0.236. The molecule has 0 saturated carbocycles. The summed E-state index contributed by atoms with van der Waals surface area (Å²) in [5.41, 5.74) is 2.92. The van der Waals surface area contributed by atoms with Crippen molar-refractivity contribution in [2.24, 2.45) is 0 Å². The van der Waals surface area contributed by atoms with E-state index in [1.54, 1.807) is 48.5 Å². The Morgan fingerprint density at radius 1 is 0.541 bits per heavy atom. The number of esters is 2. The lowest BCUT2D eigenvalue weighted by molar-refractivity contribution is 0.0720. The third-order valence-corrected chi connectivity index (χ3v) is 5.87. The fourth-order valence-corrected chi connectivity index (χ4v) is 3.86. The Morgan fingerprint density at radius 2 is 1.05 bits per heavy atom. The Balaban J connectivity index is 1.59. The summed E-state index contributed by atoms with van der Waals surface area (Å²) < 4.78 is 17.9. The van der Waals surface area contributed by atoms with Crippen molar-refractivity contribution in [3.8, 4) is 23.0 Å². The topological polar surface area (TPSA) is 61.8 Å². The minimum Gasteiger partial charge on any atom is -0.453 e. The first kappa shape index (κ1) is 23.8. The van der Waals surface area contributed by atoms with E-state index in [9.17, 15) is 9.59 Å². The van der Waals surface area contributed by atoms with E-state index < -0.39 is 11.9 Å². The number of benzene rings is 5. The number of carbonyl (C=O) groups excluding carboxylic acids is 2. The molecule has 5 heteroatoms. The summed E-state index contributed by atoms with van der Waals surface area (Å²) in [5.74, 6) is 0.299. The van der Waals surface area contributed by atoms with Crippen LogP contribution in [0.25, 0.3) is 10.8 Å². The van der Waals surface area contributed by atoms with Crippen molar-refractivity contribution in [1.29, 1.82) is 0 Å². The molecule has 37 heavy (non-hydrogen) atoms. The zero-order valence-electron chi connectivity index (χ0n) is 20.4. The first-order valence-corrected chi connectivity index (χ1v) is 11.8. The van der Waals surface area contributed by atoms with E-state index in [0.717, 1.165) is 11.1 Å². The lowest BCUT2D eigenvalue weighted by Crippen LogP contribution is -2.11. The largest absolute Gasteiger partial charge is 0.453 e. The van der Waals surface area contributed by atoms with Gasteiger partial charge in [-0.15, -0.1) is 0 Å². The van der Waals surface area contributed by atoms with Gasteiger partial charge in [-0.1, -0.05) is 77.9 Å². The molecule has 0 saturated heterocycles. The van der Waals surface area contributed by atoms with Gasteiger partial charge in [0.1, 0.15) is 11.5 Å². The van der Waals surface area contributed by atoms with E-state index in [-0.39, 0.29) is 11.5 Å². The van der Waals surface area contributed by atoms with Crippen LogP contribution >= 0.6 is 0 Å². The fourth-order valence-electron chi connectivity index (χ4n) is 3.86. The van der Waals surface area contributed by atoms with E-state index in [2.05, 4.69) is 0 Å². The predicted molar refractivity (Wildman–Crippen MR) is 143 cm³/mol. The summed E-state index contributed by atoms with van der Waals surface area (Å²) in [4.78, 5) is 26.1. The molecule has 0 heterocycles. The Labute approximate surface area is 214 Å². The normalized spacial score (nSPS) is 10.6. The number of fused-ring (bicyclic) bond motifs is 1. The van der Waals surface area contributed by atoms with E-state index in [1.165, 1.54) is 0 Å². The van der Waals surface area contributed by atoms with Crippen molar-refractivity contribution in [3.63, 3.8) is 0 Å². The summed E-state index contributed by atoms with van der Waals surface area (Å²) in [6.07, 6.45) is 0. The average molecular weight is 489 g/mol. The van der Waals surface area contributed by atoms with Gasteiger partial charge >= 0.3 is 11.9 Å². The molecule has 0 aromatic heterocycles. The maximum absolute atomic E-state index is 13.1. The molecule has 0 spiro atoms. The van der Waals surface area contributed by atoms with Crippen LogP contribution in [0.3, 0.4) is 0 Å². The van der Waals surface area contributed by atoms with E-state index in [0.29, 0.717) is 33.4 Å². The van der Waals surface area contributed by atoms with E-state index >= 15 is 0 Å². The number of ether oxygens (including phenoxy) is 3. The highest BCUT2D eigenvalue weighted by atomic mass is 16.6. The van der Waals surface area contributed by atoms with Crippen molar-refractivity contribution in [2.75, 3.05) is 0 Å². The van der Waals surface area contributed by atoms with Gasteiger partial charge in [0.2, 0.25) is 0 Å². The monoisotopic (exact) mass is 488 g/mol. The first-order valence-electron chi connectivity index (χ1n) is 11.8. The highest BCUT2D eigenvalue weighted by Crippen LogP contribution is 2.44. The Bertz CT molecular complexity index is 1570. The van der Waals surface area contributed by atoms with E-state index in [1.807, 2.05) is 74.5 Å². The molecule has 0 amide bonds. The molecule has 5 aromatic carbocycles. The lowest BCUT2D eigenvalue weighted by Gasteiger charge is -2.17. The molecule has 0 aliphatic carbocycles. The highest BCUT2D eigenvalue weighted by Gasteiger charge is 2.21. The molecule has 0 N–H and O–H groups in total. The fraction of sp³-hybridized carbons (Fsp3) is 0.0625. The van der Waals surface area contributed by atoms with Crippen LogP contribution in [0.1, 0.15) is 31.8 Å². The second kappa shape index (κ2) is 10.4. The molecule has 0 fully saturated rings. The summed E-state index contributed by atoms with van der Waals surface area (Å²) in [6.45, 7) is 3.90. The quantitative estimate of drug-likeness (QED) is 0.181. The van der Waals surface area contributed by atoms with Gasteiger partial charge in [0, 0.05) is 16.8 Å². The van der Waals surface area contributed by atoms with Gasteiger partial charge in [0.15, 0.2) is 11.5 Å². The number of rotatable bonds is 6. The molecule has 0 bridgehead atoms. The number of carbonyl (C=O) groups is 2. The SMILES string of the molecule is Cc1ccc(C(=O)Oc2cc(Oc3ccccc3)c(OC(=O)c3ccc(C)cc3)c3ccccc23)cc1. The van der Waals surface area contributed by atoms with E-state index in [4.69, 9.17) is 14.2 Å². The molecule has 0 atom stereocenters. The number of hydrogen-bond acceptors (Lipinski definition) is 5. The van der Waals surface area contributed by atoms with Gasteiger partial charge < -0.3 is 14.2 Å². The Morgan fingerprint density at radius 3 is 1.65 bits per heavy atom. The highest BCUT2D eigenvalue weighted by molar-refractivity contribution is 6.01. The van der Waals surface area contributed by atoms with Crippen LogP contribution in [0.15, 0.2) is 109 Å². The molecule has 5 nitrogen and oxygen atoms in total. The van der Waals surface area contributed by atoms with Crippen molar-refractivity contribution in [3.05, 3.63) is 131 Å². The standard InChI is InChI=1S/C32H24O5/c1-21-12-16-23(17-13-21)31(33)36-28-20-29(35-25-8-4-3-5-9-25)30(27-11-7-6-10-26(27)28)37-32(34)24-18-14-22(2)15-19-24/h3-20H,1-2H3. The maximum atomic E-state index is 13.1. The van der Waals surface area contributed by atoms with Crippen molar-refractivity contribution in [1.82, 2.24) is 0 Å². The molecule has 5 rings (SSSR count). The molecular formula is C32H24O5. The third kappa shape index (κ3) is 5.36. The summed E-state index contributed by atoms with van der Waals surface area (Å²) in [6, 6.07) is 32.3. The minimum atomic E-state index is -0.521. The Hall–Kier alpha value is -4.90. The average Bonchev–Trinajstić information content (AvgIpc) is 2.92. The molecule has 0 unspecified atom stereocenters. The smallest absolute Gasteiger partial charge is 0.343 e. The van der Waals surface area contributed by atoms with Crippen molar-refractivity contribution in [2.45, 2.75) is 13.8 Å². The molecular weight excluding hydrogens is 464 g/mol. The molecule has 0 aliphatic heterocycles. The molecule has 0 aliphatic rings. The van der Waals surface area contributed by atoms with Gasteiger partial charge in [-0.2, -0.15) is 0 Å². The van der Waals surface area contributed by atoms with Gasteiger partial charge in [-0.3, -0.25) is 0 Å². The zero-order chi connectivity index (χ0) is 25.8. The van der Waals surface area contributed by atoms with Crippen LogP contribution in [-0.4, -0.2) is 11.9 Å². The second-order valence-corrected chi connectivity index (χ2v) is 8.67. The zero-order valence-corrected chi connectivity index (χ0v) is 20.4. The van der Waals surface area contributed by atoms with Gasteiger partial charge in [-0.25, -0.2) is 9.59 Å². The number of para-hydroxylation sites is 1. The van der Waals surface area contributed by atoms with Gasteiger partial charge in [-0.05, 0) is 50.2 Å². The summed E-state index contributed by atoms with van der Waals surface area (Å²) in [7, 11) is 0. The summed E-state index contributed by atoms with van der Waals surface area (Å²) >= 11 is 0. The number of aryl methyl sites for hydroxylation is 2. The second-order valence-electron chi connectivity index (χ2n) is 8.67. The van der Waals surface area contributed by atoms with Crippen LogP contribution in [0.4, 0.5) is 0 Å². The maximum Gasteiger partial charge on any atom is 0.343 e. The van der Waals surface area contributed by atoms with Crippen LogP contribution < -0.4 is 14.2 Å². The molecule has 5 aromatic rings. The van der Waals surface area contributed by atoms with Crippen LogP contribution in [0.5, 0.6) is 23.0 Å². The van der Waals surface area contributed by atoms with Crippen molar-refractivity contribution < 1.29 is 23.8 Å². The van der Waals surface area contributed by atoms with Crippen LogP contribution in [-0.2, 0) is 0 Å². The summed E-state index contributed by atoms with van der Waals surface area (Å²) in [5, 5.41) is 1.18. The third-order valence-electron chi connectivity index (χ3n) is 5.87. The predicted octanol–water partition coefficient (Wildman–Crippen LogP) is 7.69. The van der Waals surface area contributed by atoms with Crippen molar-refractivity contribution >= 4 is 22.7 Å². The Kier molecular flexibility index (Phi) is 6.68. The lowest BCUT2D eigenvalue weighted by atomic mass is 10.1. The molecule has 182 valence electrons. The van der Waals surface area contributed by atoms with Gasteiger partial charge in [0.25, 0.3) is 0 Å². The van der Waals surface area contributed by atoms with Gasteiger partial charge in [0.05, 0.1) is 11.1 Å². The number of hydrogen-bond donors (Lipinski definition) is 0. The first-order chi connectivity index (χ1) is 18.0. The molecule has 0 radical (unpaired) electrons.